The van der Waals surface area contributed by atoms with Crippen molar-refractivity contribution in [3.8, 4) is 5.75 Å². The smallest absolute Gasteiger partial charge is 0.119 e. The van der Waals surface area contributed by atoms with E-state index in [-0.39, 0.29) is 0 Å². The van der Waals surface area contributed by atoms with Crippen LogP contribution < -0.4 is 10.1 Å². The van der Waals surface area contributed by atoms with Gasteiger partial charge in [-0.3, -0.25) is 0 Å². The molecule has 1 aromatic rings. The second-order valence-corrected chi connectivity index (χ2v) is 4.77. The van der Waals surface area contributed by atoms with Gasteiger partial charge in [-0.1, -0.05) is 18.2 Å². The van der Waals surface area contributed by atoms with Gasteiger partial charge in [0, 0.05) is 6.54 Å². The SMILES string of the molecule is OC1(CNCCCOc2ccccc2)CCC1. The van der Waals surface area contributed by atoms with Crippen LogP contribution in [-0.4, -0.2) is 30.4 Å². The van der Waals surface area contributed by atoms with Crippen LogP contribution in [0, 0.1) is 0 Å². The minimum atomic E-state index is -0.416. The Labute approximate surface area is 103 Å². The summed E-state index contributed by atoms with van der Waals surface area (Å²) >= 11 is 0. The Bertz CT molecular complexity index is 322. The van der Waals surface area contributed by atoms with Gasteiger partial charge in [0.05, 0.1) is 12.2 Å². The Morgan fingerprint density at radius 3 is 2.65 bits per heavy atom. The Morgan fingerprint density at radius 2 is 2.00 bits per heavy atom. The molecule has 0 saturated heterocycles. The molecule has 3 nitrogen and oxygen atoms in total. The average Bonchev–Trinajstić information content (AvgIpc) is 2.33. The van der Waals surface area contributed by atoms with Crippen LogP contribution in [-0.2, 0) is 0 Å². The van der Waals surface area contributed by atoms with E-state index in [1.54, 1.807) is 0 Å². The van der Waals surface area contributed by atoms with Crippen LogP contribution in [0.2, 0.25) is 0 Å². The highest BCUT2D eigenvalue weighted by Crippen LogP contribution is 2.30. The van der Waals surface area contributed by atoms with Gasteiger partial charge in [0.1, 0.15) is 5.75 Å². The molecule has 0 unspecified atom stereocenters. The topological polar surface area (TPSA) is 41.5 Å². The fraction of sp³-hybridized carbons (Fsp3) is 0.571. The van der Waals surface area contributed by atoms with Gasteiger partial charge in [-0.15, -0.1) is 0 Å². The summed E-state index contributed by atoms with van der Waals surface area (Å²) in [7, 11) is 0. The van der Waals surface area contributed by atoms with Gasteiger partial charge in [0.15, 0.2) is 0 Å². The van der Waals surface area contributed by atoms with Crippen molar-refractivity contribution in [3.05, 3.63) is 30.3 Å². The van der Waals surface area contributed by atoms with Crippen molar-refractivity contribution in [2.24, 2.45) is 0 Å². The molecule has 3 heteroatoms. The number of benzene rings is 1. The second kappa shape index (κ2) is 6.03. The molecule has 94 valence electrons. The van der Waals surface area contributed by atoms with E-state index in [4.69, 9.17) is 4.74 Å². The van der Waals surface area contributed by atoms with Gasteiger partial charge < -0.3 is 15.2 Å². The molecule has 0 spiro atoms. The van der Waals surface area contributed by atoms with Crippen LogP contribution in [0.4, 0.5) is 0 Å². The summed E-state index contributed by atoms with van der Waals surface area (Å²) in [6.45, 7) is 2.34. The number of ether oxygens (including phenoxy) is 1. The Morgan fingerprint density at radius 1 is 1.24 bits per heavy atom. The maximum atomic E-state index is 9.85. The monoisotopic (exact) mass is 235 g/mol. The molecule has 1 aliphatic rings. The highest BCUT2D eigenvalue weighted by Gasteiger charge is 2.33. The number of hydrogen-bond donors (Lipinski definition) is 2. The molecule has 2 N–H and O–H groups in total. The van der Waals surface area contributed by atoms with E-state index in [2.05, 4.69) is 5.32 Å². The Balaban J connectivity index is 1.49. The van der Waals surface area contributed by atoms with Gasteiger partial charge >= 0.3 is 0 Å². The minimum absolute atomic E-state index is 0.416. The molecule has 0 aromatic heterocycles. The lowest BCUT2D eigenvalue weighted by molar-refractivity contribution is -0.0312. The van der Waals surface area contributed by atoms with E-state index in [0.717, 1.165) is 51.1 Å². The normalized spacial score (nSPS) is 17.5. The molecule has 0 heterocycles. The van der Waals surface area contributed by atoms with Gasteiger partial charge in [-0.05, 0) is 44.4 Å². The zero-order chi connectivity index (χ0) is 12.0. The van der Waals surface area contributed by atoms with Crippen LogP contribution in [0.25, 0.3) is 0 Å². The third-order valence-corrected chi connectivity index (χ3v) is 3.25. The first-order valence-corrected chi connectivity index (χ1v) is 6.39. The highest BCUT2D eigenvalue weighted by molar-refractivity contribution is 5.20. The third kappa shape index (κ3) is 4.02. The standard InChI is InChI=1S/C14H21NO2/c16-14(8-4-9-14)12-15-10-5-11-17-13-6-2-1-3-7-13/h1-3,6-7,15-16H,4-5,8-12H2. The lowest BCUT2D eigenvalue weighted by Crippen LogP contribution is -2.46. The highest BCUT2D eigenvalue weighted by atomic mass is 16.5. The van der Waals surface area contributed by atoms with E-state index in [9.17, 15) is 5.11 Å². The van der Waals surface area contributed by atoms with E-state index < -0.39 is 5.60 Å². The summed E-state index contributed by atoms with van der Waals surface area (Å²) in [4.78, 5) is 0. The maximum Gasteiger partial charge on any atom is 0.119 e. The van der Waals surface area contributed by atoms with Crippen LogP contribution in [0.5, 0.6) is 5.75 Å². The largest absolute Gasteiger partial charge is 0.494 e. The molecule has 0 bridgehead atoms. The zero-order valence-corrected chi connectivity index (χ0v) is 10.2. The molecule has 1 fully saturated rings. The first kappa shape index (κ1) is 12.4. The maximum absolute atomic E-state index is 9.85. The van der Waals surface area contributed by atoms with E-state index in [0.29, 0.717) is 0 Å². The summed E-state index contributed by atoms with van der Waals surface area (Å²) < 4.78 is 5.58. The van der Waals surface area contributed by atoms with Crippen molar-refractivity contribution in [1.29, 1.82) is 0 Å². The molecule has 0 atom stereocenters. The van der Waals surface area contributed by atoms with Crippen molar-refractivity contribution in [1.82, 2.24) is 5.32 Å². The van der Waals surface area contributed by atoms with Crippen molar-refractivity contribution >= 4 is 0 Å². The third-order valence-electron chi connectivity index (χ3n) is 3.25. The quantitative estimate of drug-likeness (QED) is 0.710. The van der Waals surface area contributed by atoms with Crippen LogP contribution in [0.1, 0.15) is 25.7 Å². The Kier molecular flexibility index (Phi) is 4.40. The van der Waals surface area contributed by atoms with Gasteiger partial charge in [0.25, 0.3) is 0 Å². The van der Waals surface area contributed by atoms with Crippen molar-refractivity contribution in [2.75, 3.05) is 19.7 Å². The van der Waals surface area contributed by atoms with Crippen LogP contribution >= 0.6 is 0 Å². The number of aliphatic hydroxyl groups is 1. The first-order chi connectivity index (χ1) is 8.29. The zero-order valence-electron chi connectivity index (χ0n) is 10.2. The molecular formula is C14H21NO2. The summed E-state index contributed by atoms with van der Waals surface area (Å²) in [5, 5.41) is 13.1. The van der Waals surface area contributed by atoms with Crippen molar-refractivity contribution in [2.45, 2.75) is 31.3 Å². The predicted octanol–water partition coefficient (Wildman–Crippen LogP) is 1.96. The number of nitrogens with one attached hydrogen (secondary N) is 1. The fourth-order valence-electron chi connectivity index (χ4n) is 1.99. The van der Waals surface area contributed by atoms with Crippen LogP contribution in [0.3, 0.4) is 0 Å². The molecule has 0 radical (unpaired) electrons. The van der Waals surface area contributed by atoms with E-state index in [1.807, 2.05) is 30.3 Å². The van der Waals surface area contributed by atoms with Crippen molar-refractivity contribution < 1.29 is 9.84 Å². The Hall–Kier alpha value is -1.06. The molecular weight excluding hydrogens is 214 g/mol. The van der Waals surface area contributed by atoms with Gasteiger partial charge in [-0.25, -0.2) is 0 Å². The number of rotatable bonds is 7. The summed E-state index contributed by atoms with van der Waals surface area (Å²) in [5.74, 6) is 0.921. The molecule has 17 heavy (non-hydrogen) atoms. The summed E-state index contributed by atoms with van der Waals surface area (Å²) in [5.41, 5.74) is -0.416. The molecule has 2 rings (SSSR count). The lowest BCUT2D eigenvalue weighted by atomic mass is 9.80. The number of hydrogen-bond acceptors (Lipinski definition) is 3. The fourth-order valence-corrected chi connectivity index (χ4v) is 1.99. The van der Waals surface area contributed by atoms with Crippen molar-refractivity contribution in [3.63, 3.8) is 0 Å². The van der Waals surface area contributed by atoms with E-state index >= 15 is 0 Å². The van der Waals surface area contributed by atoms with Gasteiger partial charge in [-0.2, -0.15) is 0 Å². The lowest BCUT2D eigenvalue weighted by Gasteiger charge is -2.36. The molecule has 0 amide bonds. The molecule has 1 aliphatic carbocycles. The molecule has 0 aliphatic heterocycles. The molecule has 1 saturated carbocycles. The number of para-hydroxylation sites is 1. The average molecular weight is 235 g/mol. The predicted molar refractivity (Wildman–Crippen MR) is 68.2 cm³/mol. The summed E-state index contributed by atoms with van der Waals surface area (Å²) in [6, 6.07) is 9.85. The second-order valence-electron chi connectivity index (χ2n) is 4.77. The first-order valence-electron chi connectivity index (χ1n) is 6.39. The molecule has 1 aromatic carbocycles. The van der Waals surface area contributed by atoms with Crippen LogP contribution in [0.15, 0.2) is 30.3 Å². The van der Waals surface area contributed by atoms with Gasteiger partial charge in [0.2, 0.25) is 0 Å². The van der Waals surface area contributed by atoms with E-state index in [1.165, 1.54) is 0 Å². The summed E-state index contributed by atoms with van der Waals surface area (Å²) in [6.07, 6.45) is 4.02. The minimum Gasteiger partial charge on any atom is -0.494 e.